The zero-order valence-electron chi connectivity index (χ0n) is 11.9. The van der Waals surface area contributed by atoms with E-state index in [4.69, 9.17) is 0 Å². The van der Waals surface area contributed by atoms with Crippen molar-refractivity contribution in [2.24, 2.45) is 5.92 Å². The van der Waals surface area contributed by atoms with Crippen molar-refractivity contribution < 1.29 is 4.79 Å². The summed E-state index contributed by atoms with van der Waals surface area (Å²) in [4.78, 5) is 17.6. The minimum Gasteiger partial charge on any atom is -0.355 e. The first-order valence-corrected chi connectivity index (χ1v) is 7.63. The summed E-state index contributed by atoms with van der Waals surface area (Å²) < 4.78 is 0. The van der Waals surface area contributed by atoms with Crippen LogP contribution in [0.2, 0.25) is 0 Å². The van der Waals surface area contributed by atoms with Crippen LogP contribution in [0.15, 0.2) is 0 Å². The Kier molecular flexibility index (Phi) is 6.33. The van der Waals surface area contributed by atoms with E-state index in [2.05, 4.69) is 31.1 Å². The molecule has 0 bridgehead atoms. The van der Waals surface area contributed by atoms with Crippen LogP contribution in [-0.2, 0) is 17.6 Å². The second-order valence-electron chi connectivity index (χ2n) is 4.69. The number of hydrogen-bond donors (Lipinski definition) is 1. The first-order valence-electron chi connectivity index (χ1n) is 6.81. The maximum Gasteiger partial charge on any atom is 0.222 e. The van der Waals surface area contributed by atoms with Gasteiger partial charge in [0.05, 0.1) is 10.7 Å². The number of rotatable bonds is 7. The van der Waals surface area contributed by atoms with E-state index < -0.39 is 0 Å². The Balaban J connectivity index is 2.35. The molecule has 0 saturated heterocycles. The standard InChI is InChI=1S/C14H24N2OS/c1-5-7-10(3)14(17)15-9-8-13-16-12(6-2)11(4)18-13/h10H,5-9H2,1-4H3,(H,15,17)/t10-/m1/s1. The Bertz CT molecular complexity index is 387. The monoisotopic (exact) mass is 268 g/mol. The van der Waals surface area contributed by atoms with Crippen molar-refractivity contribution in [2.75, 3.05) is 6.54 Å². The van der Waals surface area contributed by atoms with E-state index in [1.54, 1.807) is 11.3 Å². The van der Waals surface area contributed by atoms with Crippen molar-refractivity contribution >= 4 is 17.2 Å². The molecule has 0 aliphatic rings. The average molecular weight is 268 g/mol. The highest BCUT2D eigenvalue weighted by atomic mass is 32.1. The smallest absolute Gasteiger partial charge is 0.222 e. The largest absolute Gasteiger partial charge is 0.355 e. The first-order chi connectivity index (χ1) is 8.58. The lowest BCUT2D eigenvalue weighted by atomic mass is 10.1. The van der Waals surface area contributed by atoms with Gasteiger partial charge in [-0.3, -0.25) is 4.79 Å². The number of carbonyl (C=O) groups is 1. The molecule has 4 heteroatoms. The summed E-state index contributed by atoms with van der Waals surface area (Å²) in [6.07, 6.45) is 3.85. The van der Waals surface area contributed by atoms with Gasteiger partial charge in [0.1, 0.15) is 0 Å². The van der Waals surface area contributed by atoms with Gasteiger partial charge in [0.2, 0.25) is 5.91 Å². The molecule has 0 aliphatic carbocycles. The molecular weight excluding hydrogens is 244 g/mol. The fraction of sp³-hybridized carbons (Fsp3) is 0.714. The molecule has 1 aromatic heterocycles. The SMILES string of the molecule is CCC[C@@H](C)C(=O)NCCc1nc(CC)c(C)s1. The van der Waals surface area contributed by atoms with Crippen LogP contribution >= 0.6 is 11.3 Å². The third kappa shape index (κ3) is 4.41. The van der Waals surface area contributed by atoms with Gasteiger partial charge in [-0.05, 0) is 19.8 Å². The lowest BCUT2D eigenvalue weighted by Gasteiger charge is -2.10. The number of amides is 1. The summed E-state index contributed by atoms with van der Waals surface area (Å²) in [6.45, 7) is 9.03. The maximum absolute atomic E-state index is 11.7. The third-order valence-electron chi connectivity index (χ3n) is 3.08. The van der Waals surface area contributed by atoms with Crippen LogP contribution in [0.25, 0.3) is 0 Å². The Morgan fingerprint density at radius 2 is 2.17 bits per heavy atom. The van der Waals surface area contributed by atoms with E-state index in [1.807, 2.05) is 6.92 Å². The van der Waals surface area contributed by atoms with Gasteiger partial charge in [0, 0.05) is 23.8 Å². The molecule has 1 aromatic rings. The van der Waals surface area contributed by atoms with Gasteiger partial charge in [-0.2, -0.15) is 0 Å². The maximum atomic E-state index is 11.7. The van der Waals surface area contributed by atoms with Crippen LogP contribution in [0.3, 0.4) is 0 Å². The second kappa shape index (κ2) is 7.52. The zero-order valence-corrected chi connectivity index (χ0v) is 12.7. The van der Waals surface area contributed by atoms with Crippen LogP contribution in [0.4, 0.5) is 0 Å². The Hall–Kier alpha value is -0.900. The predicted molar refractivity (Wildman–Crippen MR) is 77.0 cm³/mol. The molecule has 1 atom stereocenters. The molecule has 1 rings (SSSR count). The summed E-state index contributed by atoms with van der Waals surface area (Å²) in [5.41, 5.74) is 1.20. The number of aryl methyl sites for hydroxylation is 2. The normalized spacial score (nSPS) is 12.4. The van der Waals surface area contributed by atoms with Crippen molar-refractivity contribution in [3.63, 3.8) is 0 Å². The average Bonchev–Trinajstić information content (AvgIpc) is 2.70. The summed E-state index contributed by atoms with van der Waals surface area (Å²) in [7, 11) is 0. The molecule has 102 valence electrons. The fourth-order valence-corrected chi connectivity index (χ4v) is 2.97. The molecular formula is C14H24N2OS. The van der Waals surface area contributed by atoms with Gasteiger partial charge in [0.25, 0.3) is 0 Å². The highest BCUT2D eigenvalue weighted by molar-refractivity contribution is 7.11. The molecule has 1 N–H and O–H groups in total. The van der Waals surface area contributed by atoms with Gasteiger partial charge in [-0.25, -0.2) is 4.98 Å². The van der Waals surface area contributed by atoms with Gasteiger partial charge in [-0.1, -0.05) is 27.2 Å². The summed E-state index contributed by atoms with van der Waals surface area (Å²) >= 11 is 1.75. The molecule has 1 amide bonds. The number of thiazole rings is 1. The van der Waals surface area contributed by atoms with Crippen LogP contribution in [0, 0.1) is 12.8 Å². The Morgan fingerprint density at radius 1 is 1.44 bits per heavy atom. The molecule has 0 unspecified atom stereocenters. The minimum atomic E-state index is 0.124. The van der Waals surface area contributed by atoms with Crippen LogP contribution in [-0.4, -0.2) is 17.4 Å². The van der Waals surface area contributed by atoms with E-state index in [0.29, 0.717) is 6.54 Å². The van der Waals surface area contributed by atoms with E-state index in [1.165, 1.54) is 10.6 Å². The Labute approximate surface area is 114 Å². The second-order valence-corrected chi connectivity index (χ2v) is 5.98. The number of carbonyl (C=O) groups excluding carboxylic acids is 1. The number of nitrogens with zero attached hydrogens (tertiary/aromatic N) is 1. The van der Waals surface area contributed by atoms with Crippen molar-refractivity contribution in [1.82, 2.24) is 10.3 Å². The molecule has 0 spiro atoms. The lowest BCUT2D eigenvalue weighted by Crippen LogP contribution is -2.30. The van der Waals surface area contributed by atoms with Crippen molar-refractivity contribution in [2.45, 2.75) is 53.4 Å². The molecule has 0 saturated carbocycles. The van der Waals surface area contributed by atoms with Crippen LogP contribution in [0.1, 0.15) is 49.2 Å². The number of nitrogens with one attached hydrogen (secondary N) is 1. The van der Waals surface area contributed by atoms with Crippen molar-refractivity contribution in [3.05, 3.63) is 15.6 Å². The van der Waals surface area contributed by atoms with Gasteiger partial charge in [-0.15, -0.1) is 11.3 Å². The summed E-state index contributed by atoms with van der Waals surface area (Å²) in [5, 5.41) is 4.12. The quantitative estimate of drug-likeness (QED) is 0.825. The number of aromatic nitrogens is 1. The van der Waals surface area contributed by atoms with E-state index in [9.17, 15) is 4.79 Å². The molecule has 18 heavy (non-hydrogen) atoms. The molecule has 0 aromatic carbocycles. The van der Waals surface area contributed by atoms with Crippen LogP contribution < -0.4 is 5.32 Å². The zero-order chi connectivity index (χ0) is 13.5. The summed E-state index contributed by atoms with van der Waals surface area (Å²) in [6, 6.07) is 0. The highest BCUT2D eigenvalue weighted by Gasteiger charge is 2.11. The first kappa shape index (κ1) is 15.2. The molecule has 3 nitrogen and oxygen atoms in total. The molecule has 0 radical (unpaired) electrons. The van der Waals surface area contributed by atoms with Gasteiger partial charge < -0.3 is 5.32 Å². The lowest BCUT2D eigenvalue weighted by molar-refractivity contribution is -0.124. The molecule has 0 aliphatic heterocycles. The van der Waals surface area contributed by atoms with Gasteiger partial charge >= 0.3 is 0 Å². The van der Waals surface area contributed by atoms with Crippen molar-refractivity contribution in [3.8, 4) is 0 Å². The van der Waals surface area contributed by atoms with E-state index in [-0.39, 0.29) is 11.8 Å². The Morgan fingerprint density at radius 3 is 2.72 bits per heavy atom. The minimum absolute atomic E-state index is 0.124. The van der Waals surface area contributed by atoms with Crippen molar-refractivity contribution in [1.29, 1.82) is 0 Å². The third-order valence-corrected chi connectivity index (χ3v) is 4.15. The van der Waals surface area contributed by atoms with Gasteiger partial charge in [0.15, 0.2) is 0 Å². The molecule has 0 fully saturated rings. The summed E-state index contributed by atoms with van der Waals surface area (Å²) in [5.74, 6) is 0.292. The van der Waals surface area contributed by atoms with E-state index in [0.717, 1.165) is 30.7 Å². The van der Waals surface area contributed by atoms with E-state index >= 15 is 0 Å². The predicted octanol–water partition coefficient (Wildman–Crippen LogP) is 3.11. The number of hydrogen-bond acceptors (Lipinski definition) is 3. The highest BCUT2D eigenvalue weighted by Crippen LogP contribution is 2.18. The fourth-order valence-electron chi connectivity index (χ4n) is 1.95. The topological polar surface area (TPSA) is 42.0 Å². The van der Waals surface area contributed by atoms with Crippen LogP contribution in [0.5, 0.6) is 0 Å². The molecule has 1 heterocycles.